The van der Waals surface area contributed by atoms with Crippen LogP contribution in [0.3, 0.4) is 0 Å². The minimum atomic E-state index is -3.69. The molecule has 2 N–H and O–H groups in total. The van der Waals surface area contributed by atoms with Crippen molar-refractivity contribution in [2.24, 2.45) is 4.99 Å². The average molecular weight is 364 g/mol. The van der Waals surface area contributed by atoms with Gasteiger partial charge in [0, 0.05) is 0 Å². The van der Waals surface area contributed by atoms with Crippen LogP contribution in [0.1, 0.15) is 12.8 Å². The molecule has 1 aliphatic heterocycles. The average Bonchev–Trinajstić information content (AvgIpc) is 3.34. The first-order valence-corrected chi connectivity index (χ1v) is 9.32. The van der Waals surface area contributed by atoms with Crippen LogP contribution in [0.15, 0.2) is 52.4 Å². The Bertz CT molecular complexity index is 939. The van der Waals surface area contributed by atoms with Crippen LogP contribution in [-0.4, -0.2) is 20.4 Å². The summed E-state index contributed by atoms with van der Waals surface area (Å²) in [7, 11) is -3.69. The van der Waals surface area contributed by atoms with Gasteiger partial charge in [-0.2, -0.15) is 0 Å². The smallest absolute Gasteiger partial charge is 0.266 e. The Kier molecular flexibility index (Phi) is 3.62. The fourth-order valence-corrected chi connectivity index (χ4v) is 3.68. The van der Waals surface area contributed by atoms with Gasteiger partial charge in [0.1, 0.15) is 16.3 Å². The third-order valence-electron chi connectivity index (χ3n) is 3.67. The van der Waals surface area contributed by atoms with Gasteiger partial charge in [0.25, 0.3) is 10.0 Å². The van der Waals surface area contributed by atoms with E-state index in [9.17, 15) is 8.42 Å². The number of aliphatic imine (C=N–C) groups is 1. The molecule has 2 aromatic rings. The molecule has 1 saturated carbocycles. The van der Waals surface area contributed by atoms with E-state index in [1.54, 1.807) is 36.4 Å². The lowest BCUT2D eigenvalue weighted by molar-refractivity contribution is 0.483. The van der Waals surface area contributed by atoms with Crippen LogP contribution in [0.2, 0.25) is 5.02 Å². The summed E-state index contributed by atoms with van der Waals surface area (Å²) in [6.45, 7) is 0. The SMILES string of the molecule is O=S1(=O)NC(=NC2CC2)Nc2c(Oc3ccccc3Cl)cccc21. The maximum absolute atomic E-state index is 12.4. The first-order chi connectivity index (χ1) is 11.5. The van der Waals surface area contributed by atoms with Crippen LogP contribution < -0.4 is 14.8 Å². The van der Waals surface area contributed by atoms with Gasteiger partial charge in [-0.1, -0.05) is 29.8 Å². The molecule has 124 valence electrons. The van der Waals surface area contributed by atoms with Crippen molar-refractivity contribution >= 4 is 33.3 Å². The van der Waals surface area contributed by atoms with Gasteiger partial charge in [-0.15, -0.1) is 0 Å². The Balaban J connectivity index is 1.77. The second-order valence-electron chi connectivity index (χ2n) is 5.60. The Labute approximate surface area is 144 Å². The second-order valence-corrected chi connectivity index (χ2v) is 7.66. The number of sulfonamides is 1. The number of para-hydroxylation sites is 2. The summed E-state index contributed by atoms with van der Waals surface area (Å²) < 4.78 is 33.2. The number of nitrogens with zero attached hydrogens (tertiary/aromatic N) is 1. The predicted molar refractivity (Wildman–Crippen MR) is 92.4 cm³/mol. The molecule has 0 saturated heterocycles. The maximum Gasteiger partial charge on any atom is 0.266 e. The molecular formula is C16H14ClN3O3S. The van der Waals surface area contributed by atoms with Crippen LogP contribution >= 0.6 is 11.6 Å². The van der Waals surface area contributed by atoms with E-state index in [0.717, 1.165) is 12.8 Å². The predicted octanol–water partition coefficient (Wildman–Crippen LogP) is 3.35. The third kappa shape index (κ3) is 2.92. The number of guanidine groups is 1. The summed E-state index contributed by atoms with van der Waals surface area (Å²) in [6.07, 6.45) is 1.94. The molecular weight excluding hydrogens is 350 g/mol. The number of anilines is 1. The molecule has 0 radical (unpaired) electrons. The highest BCUT2D eigenvalue weighted by Gasteiger charge is 2.31. The lowest BCUT2D eigenvalue weighted by atomic mass is 10.3. The van der Waals surface area contributed by atoms with Gasteiger partial charge in [0.2, 0.25) is 5.96 Å². The van der Waals surface area contributed by atoms with E-state index in [1.165, 1.54) is 6.07 Å². The molecule has 0 spiro atoms. The lowest BCUT2D eigenvalue weighted by Crippen LogP contribution is -2.41. The summed E-state index contributed by atoms with van der Waals surface area (Å²) in [5.41, 5.74) is 0.357. The summed E-state index contributed by atoms with van der Waals surface area (Å²) in [5, 5.41) is 3.47. The summed E-state index contributed by atoms with van der Waals surface area (Å²) in [4.78, 5) is 4.45. The van der Waals surface area contributed by atoms with Crippen LogP contribution in [0.5, 0.6) is 11.5 Å². The van der Waals surface area contributed by atoms with Gasteiger partial charge in [0.05, 0.1) is 11.1 Å². The lowest BCUT2D eigenvalue weighted by Gasteiger charge is -2.23. The van der Waals surface area contributed by atoms with Gasteiger partial charge < -0.3 is 10.1 Å². The van der Waals surface area contributed by atoms with Crippen molar-refractivity contribution < 1.29 is 13.2 Å². The Morgan fingerprint density at radius 3 is 2.58 bits per heavy atom. The zero-order valence-electron chi connectivity index (χ0n) is 12.5. The van der Waals surface area contributed by atoms with Crippen molar-refractivity contribution in [3.8, 4) is 11.5 Å². The van der Waals surface area contributed by atoms with Gasteiger partial charge in [-0.05, 0) is 37.1 Å². The standard InChI is InChI=1S/C16H14ClN3O3S/c17-11-4-1-2-5-12(11)23-13-6-3-7-14-15(13)19-16(18-10-8-9-10)20-24(14,21)22/h1-7,10H,8-9H2,(H2,18,19,20). The van der Waals surface area contributed by atoms with E-state index in [0.29, 0.717) is 22.2 Å². The second kappa shape index (κ2) is 5.68. The molecule has 8 heteroatoms. The number of fused-ring (bicyclic) bond motifs is 1. The summed E-state index contributed by atoms with van der Waals surface area (Å²) in [6, 6.07) is 12.0. The van der Waals surface area contributed by atoms with Crippen LogP contribution in [0.4, 0.5) is 5.69 Å². The topological polar surface area (TPSA) is 79.8 Å². The Morgan fingerprint density at radius 1 is 1.08 bits per heavy atom. The molecule has 0 unspecified atom stereocenters. The molecule has 24 heavy (non-hydrogen) atoms. The zero-order valence-corrected chi connectivity index (χ0v) is 14.1. The first-order valence-electron chi connectivity index (χ1n) is 7.46. The van der Waals surface area contributed by atoms with Crippen molar-refractivity contribution in [2.75, 3.05) is 5.32 Å². The van der Waals surface area contributed by atoms with Crippen molar-refractivity contribution in [2.45, 2.75) is 23.8 Å². The zero-order chi connectivity index (χ0) is 16.7. The molecule has 0 aromatic heterocycles. The third-order valence-corrected chi connectivity index (χ3v) is 5.36. The number of hydrogen-bond acceptors (Lipinski definition) is 4. The Hall–Kier alpha value is -2.25. The fourth-order valence-electron chi connectivity index (χ4n) is 2.36. The van der Waals surface area contributed by atoms with E-state index in [1.807, 2.05) is 0 Å². The number of benzene rings is 2. The van der Waals surface area contributed by atoms with E-state index in [-0.39, 0.29) is 16.9 Å². The highest BCUT2D eigenvalue weighted by atomic mass is 35.5. The highest BCUT2D eigenvalue weighted by Crippen LogP contribution is 2.38. The van der Waals surface area contributed by atoms with Crippen molar-refractivity contribution in [1.29, 1.82) is 0 Å². The van der Waals surface area contributed by atoms with E-state index in [2.05, 4.69) is 15.0 Å². The van der Waals surface area contributed by atoms with Crippen LogP contribution in [0, 0.1) is 0 Å². The van der Waals surface area contributed by atoms with Crippen molar-refractivity contribution in [3.63, 3.8) is 0 Å². The van der Waals surface area contributed by atoms with Crippen LogP contribution in [0.25, 0.3) is 0 Å². The number of ether oxygens (including phenoxy) is 1. The normalized spacial score (nSPS) is 20.0. The summed E-state index contributed by atoms with van der Waals surface area (Å²) >= 11 is 6.12. The van der Waals surface area contributed by atoms with Gasteiger partial charge in [-0.25, -0.2) is 18.1 Å². The monoisotopic (exact) mass is 363 g/mol. The van der Waals surface area contributed by atoms with E-state index < -0.39 is 10.0 Å². The highest BCUT2D eigenvalue weighted by molar-refractivity contribution is 7.90. The van der Waals surface area contributed by atoms with Gasteiger partial charge in [-0.3, -0.25) is 0 Å². The molecule has 1 fully saturated rings. The number of hydrogen-bond donors (Lipinski definition) is 2. The minimum Gasteiger partial charge on any atom is -0.454 e. The molecule has 2 aromatic carbocycles. The molecule has 0 amide bonds. The van der Waals surface area contributed by atoms with Gasteiger partial charge >= 0.3 is 0 Å². The molecule has 6 nitrogen and oxygen atoms in total. The van der Waals surface area contributed by atoms with Crippen molar-refractivity contribution in [3.05, 3.63) is 47.5 Å². The molecule has 1 heterocycles. The minimum absolute atomic E-state index is 0.113. The molecule has 0 atom stereocenters. The summed E-state index contributed by atoms with van der Waals surface area (Å²) in [5.74, 6) is 1.04. The molecule has 4 rings (SSSR count). The molecule has 2 aliphatic rings. The Morgan fingerprint density at radius 2 is 1.83 bits per heavy atom. The quantitative estimate of drug-likeness (QED) is 0.876. The maximum atomic E-state index is 12.4. The largest absolute Gasteiger partial charge is 0.454 e. The fraction of sp³-hybridized carbons (Fsp3) is 0.188. The number of rotatable bonds is 3. The van der Waals surface area contributed by atoms with Crippen molar-refractivity contribution in [1.82, 2.24) is 4.72 Å². The van der Waals surface area contributed by atoms with Gasteiger partial charge in [0.15, 0.2) is 5.75 Å². The molecule has 1 aliphatic carbocycles. The van der Waals surface area contributed by atoms with E-state index in [4.69, 9.17) is 16.3 Å². The first kappa shape index (κ1) is 15.3. The number of nitrogens with one attached hydrogen (secondary N) is 2. The van der Waals surface area contributed by atoms with E-state index >= 15 is 0 Å². The number of halogens is 1. The molecule has 0 bridgehead atoms. The van der Waals surface area contributed by atoms with Crippen LogP contribution in [-0.2, 0) is 10.0 Å².